The zero-order valence-corrected chi connectivity index (χ0v) is 13.7. The number of hydrogen-bond acceptors (Lipinski definition) is 2. The van der Waals surface area contributed by atoms with Crippen LogP contribution < -0.4 is 0 Å². The standard InChI is InChI=1S/C9H26O2SSi2/c1-8-12(2,10-9-13(3)4)11-14(5,6)7/h13H,8-9H2,1-7H3. The predicted octanol–water partition coefficient (Wildman–Crippen LogP) is 3.16. The molecule has 0 spiro atoms. The highest BCUT2D eigenvalue weighted by atomic mass is 32.3. The van der Waals surface area contributed by atoms with E-state index in [1.54, 1.807) is 0 Å². The van der Waals surface area contributed by atoms with Crippen molar-refractivity contribution < 1.29 is 8.06 Å². The molecule has 0 aromatic carbocycles. The Kier molecular flexibility index (Phi) is 5.98. The van der Waals surface area contributed by atoms with Crippen LogP contribution in [0.3, 0.4) is 0 Å². The highest BCUT2D eigenvalue weighted by Gasteiger charge is 2.24. The second-order valence-electron chi connectivity index (χ2n) is 5.09. The second-order valence-corrected chi connectivity index (χ2v) is 15.8. The molecule has 0 saturated carbocycles. The molecule has 1 unspecified atom stereocenters. The van der Waals surface area contributed by atoms with Gasteiger partial charge in [-0.05, 0) is 26.6 Å². The molecule has 0 amide bonds. The maximum atomic E-state index is 6.15. The summed E-state index contributed by atoms with van der Waals surface area (Å²) in [5, 5.41) is 0. The van der Waals surface area contributed by atoms with Crippen molar-refractivity contribution in [2.45, 2.75) is 39.7 Å². The van der Waals surface area contributed by atoms with E-state index < -0.39 is 27.7 Å². The molecule has 0 fully saturated rings. The summed E-state index contributed by atoms with van der Waals surface area (Å²) in [5.74, 6) is 1.01. The fourth-order valence-electron chi connectivity index (χ4n) is 0.975. The molecule has 0 radical (unpaired) electrons. The van der Waals surface area contributed by atoms with Crippen LogP contribution in [0.25, 0.3) is 0 Å². The Hall–Kier alpha value is 0.704. The van der Waals surface area contributed by atoms with Crippen molar-refractivity contribution in [3.63, 3.8) is 0 Å². The Morgan fingerprint density at radius 1 is 1.21 bits per heavy atom. The lowest BCUT2D eigenvalue weighted by molar-refractivity contribution is 0.378. The van der Waals surface area contributed by atoms with Gasteiger partial charge in [-0.3, -0.25) is 4.18 Å². The van der Waals surface area contributed by atoms with Gasteiger partial charge in [-0.25, -0.2) is 10.6 Å². The topological polar surface area (TPSA) is 18.5 Å². The van der Waals surface area contributed by atoms with Crippen molar-refractivity contribution in [2.24, 2.45) is 0 Å². The maximum absolute atomic E-state index is 6.15. The van der Waals surface area contributed by atoms with Crippen LogP contribution in [0.4, 0.5) is 0 Å². The molecule has 0 aliphatic heterocycles. The third-order valence-corrected chi connectivity index (χ3v) is 7.77. The minimum absolute atomic E-state index is 0.618. The van der Waals surface area contributed by atoms with Gasteiger partial charge in [0.25, 0.3) is 0 Å². The lowest BCUT2D eigenvalue weighted by atomic mass is 11.0. The van der Waals surface area contributed by atoms with Crippen molar-refractivity contribution in [2.75, 3.05) is 18.2 Å². The Balaban J connectivity index is 4.18. The summed E-state index contributed by atoms with van der Waals surface area (Å²) in [7, 11) is -3.31. The normalized spacial score (nSPS) is 19.4. The Labute approximate surface area is 93.8 Å². The van der Waals surface area contributed by atoms with Gasteiger partial charge in [-0.1, -0.05) is 13.1 Å². The van der Waals surface area contributed by atoms with Gasteiger partial charge in [0.05, 0.1) is 15.0 Å². The second kappa shape index (κ2) is 5.70. The number of rotatable bonds is 6. The van der Waals surface area contributed by atoms with Crippen LogP contribution in [0.1, 0.15) is 6.92 Å². The minimum Gasteiger partial charge on any atom is -0.330 e. The van der Waals surface area contributed by atoms with Crippen molar-refractivity contribution >= 4 is 27.7 Å². The smallest absolute Gasteiger partial charge is 0.215 e. The molecule has 5 heteroatoms. The summed E-state index contributed by atoms with van der Waals surface area (Å²) in [6.45, 7) is 13.5. The minimum atomic E-state index is -1.46. The molecule has 0 bridgehead atoms. The summed E-state index contributed by atoms with van der Waals surface area (Å²) in [6.07, 6.45) is 3.10. The van der Waals surface area contributed by atoms with E-state index in [4.69, 9.17) is 8.06 Å². The SMILES string of the molecule is CCS(C)(OC[SiH](C)C)O[Si](C)(C)C. The van der Waals surface area contributed by atoms with Crippen LogP contribution in [0.15, 0.2) is 0 Å². The highest BCUT2D eigenvalue weighted by Crippen LogP contribution is 2.48. The summed E-state index contributed by atoms with van der Waals surface area (Å²) in [4.78, 5) is 0. The summed E-state index contributed by atoms with van der Waals surface area (Å²) >= 11 is 0. The Morgan fingerprint density at radius 2 is 1.71 bits per heavy atom. The first-order chi connectivity index (χ1) is 6.18. The van der Waals surface area contributed by atoms with E-state index in [2.05, 4.69) is 45.9 Å². The molecule has 0 heterocycles. The Morgan fingerprint density at radius 3 is 2.00 bits per heavy atom. The molecule has 0 aliphatic carbocycles. The van der Waals surface area contributed by atoms with Gasteiger partial charge in [-0.15, -0.1) is 0 Å². The third-order valence-electron chi connectivity index (χ3n) is 1.60. The lowest BCUT2D eigenvalue weighted by Crippen LogP contribution is -2.30. The zero-order chi connectivity index (χ0) is 11.4. The summed E-state index contributed by atoms with van der Waals surface area (Å²) in [6, 6.07) is 0. The van der Waals surface area contributed by atoms with Crippen molar-refractivity contribution in [3.05, 3.63) is 0 Å². The van der Waals surface area contributed by atoms with Crippen molar-refractivity contribution in [1.29, 1.82) is 0 Å². The molecule has 2 nitrogen and oxygen atoms in total. The van der Waals surface area contributed by atoms with Gasteiger partial charge < -0.3 is 3.87 Å². The largest absolute Gasteiger partial charge is 0.330 e. The monoisotopic (exact) mass is 254 g/mol. The molecule has 0 aromatic rings. The van der Waals surface area contributed by atoms with E-state index in [0.29, 0.717) is 0 Å². The van der Waals surface area contributed by atoms with E-state index in [-0.39, 0.29) is 0 Å². The van der Waals surface area contributed by atoms with Gasteiger partial charge in [0.15, 0.2) is 0 Å². The van der Waals surface area contributed by atoms with Crippen LogP contribution in [-0.4, -0.2) is 35.4 Å². The maximum Gasteiger partial charge on any atom is 0.215 e. The molecular weight excluding hydrogens is 228 g/mol. The van der Waals surface area contributed by atoms with E-state index in [1.807, 2.05) is 0 Å². The third kappa shape index (κ3) is 7.06. The molecule has 0 rings (SSSR count). The lowest BCUT2D eigenvalue weighted by Gasteiger charge is -2.43. The predicted molar refractivity (Wildman–Crippen MR) is 73.3 cm³/mol. The van der Waals surface area contributed by atoms with Crippen LogP contribution in [0, 0.1) is 0 Å². The Bertz CT molecular complexity index is 171. The zero-order valence-electron chi connectivity index (χ0n) is 10.7. The van der Waals surface area contributed by atoms with Gasteiger partial charge in [0, 0.05) is 12.0 Å². The van der Waals surface area contributed by atoms with Crippen molar-refractivity contribution in [1.82, 2.24) is 0 Å². The first-order valence-electron chi connectivity index (χ1n) is 5.29. The highest BCUT2D eigenvalue weighted by molar-refractivity contribution is 8.25. The van der Waals surface area contributed by atoms with Crippen LogP contribution in [-0.2, 0) is 8.06 Å². The van der Waals surface area contributed by atoms with Gasteiger partial charge in [0.2, 0.25) is 8.32 Å². The molecular formula is C9H26O2SSi2. The average molecular weight is 255 g/mol. The molecule has 0 saturated heterocycles. The van der Waals surface area contributed by atoms with E-state index in [0.717, 1.165) is 12.0 Å². The first-order valence-corrected chi connectivity index (χ1v) is 13.9. The fraction of sp³-hybridized carbons (Fsp3) is 1.00. The quantitative estimate of drug-likeness (QED) is 0.678. The molecule has 0 aromatic heterocycles. The average Bonchev–Trinajstić information content (AvgIpc) is 1.98. The van der Waals surface area contributed by atoms with Gasteiger partial charge >= 0.3 is 0 Å². The van der Waals surface area contributed by atoms with Crippen LogP contribution >= 0.6 is 10.6 Å². The molecule has 0 N–H and O–H groups in total. The first kappa shape index (κ1) is 14.7. The van der Waals surface area contributed by atoms with Crippen molar-refractivity contribution in [3.8, 4) is 0 Å². The van der Waals surface area contributed by atoms with Crippen LogP contribution in [0.2, 0.25) is 32.7 Å². The van der Waals surface area contributed by atoms with E-state index in [9.17, 15) is 0 Å². The van der Waals surface area contributed by atoms with Gasteiger partial charge in [0.1, 0.15) is 0 Å². The number of hydrogen-bond donors (Lipinski definition) is 0. The van der Waals surface area contributed by atoms with E-state index in [1.165, 1.54) is 0 Å². The molecule has 88 valence electrons. The fourth-order valence-corrected chi connectivity index (χ4v) is 8.28. The van der Waals surface area contributed by atoms with Crippen LogP contribution in [0.5, 0.6) is 0 Å². The summed E-state index contributed by atoms with van der Waals surface area (Å²) in [5.41, 5.74) is 0. The molecule has 1 atom stereocenters. The molecule has 0 aliphatic rings. The molecule has 14 heavy (non-hydrogen) atoms. The van der Waals surface area contributed by atoms with Gasteiger partial charge in [-0.2, -0.15) is 0 Å². The van der Waals surface area contributed by atoms with E-state index >= 15 is 0 Å². The summed E-state index contributed by atoms with van der Waals surface area (Å²) < 4.78 is 12.1.